The Hall–Kier alpha value is -2.19. The first-order chi connectivity index (χ1) is 9.61. The van der Waals surface area contributed by atoms with Gasteiger partial charge in [0.1, 0.15) is 12.4 Å². The Morgan fingerprint density at radius 2 is 2.05 bits per heavy atom. The molecule has 0 aliphatic carbocycles. The average Bonchev–Trinajstić information content (AvgIpc) is 2.45. The molecule has 0 aliphatic heterocycles. The zero-order valence-electron chi connectivity index (χ0n) is 10.3. The van der Waals surface area contributed by atoms with E-state index in [1.807, 2.05) is 6.07 Å². The number of halogens is 2. The Bertz CT molecular complexity index is 695. The summed E-state index contributed by atoms with van der Waals surface area (Å²) < 4.78 is 18.4. The summed E-state index contributed by atoms with van der Waals surface area (Å²) in [5.74, 6) is -1.02. The van der Waals surface area contributed by atoms with Crippen molar-refractivity contribution in [3.8, 4) is 6.07 Å². The minimum absolute atomic E-state index is 0.00756. The smallest absolute Gasteiger partial charge is 0.339 e. The second-order valence-corrected chi connectivity index (χ2v) is 4.82. The lowest BCUT2D eigenvalue weighted by Gasteiger charge is -2.07. The van der Waals surface area contributed by atoms with Crippen molar-refractivity contribution >= 4 is 21.9 Å². The van der Waals surface area contributed by atoms with Gasteiger partial charge in [-0.25, -0.2) is 9.18 Å². The van der Waals surface area contributed by atoms with Gasteiger partial charge in [-0.3, -0.25) is 0 Å². The number of hydrogen-bond donors (Lipinski definition) is 0. The monoisotopic (exact) mass is 333 g/mol. The number of ether oxygens (including phenoxy) is 1. The van der Waals surface area contributed by atoms with Crippen LogP contribution in [-0.2, 0) is 11.3 Å². The highest BCUT2D eigenvalue weighted by atomic mass is 79.9. The van der Waals surface area contributed by atoms with Gasteiger partial charge in [-0.1, -0.05) is 18.2 Å². The van der Waals surface area contributed by atoms with Gasteiger partial charge in [-0.2, -0.15) is 5.26 Å². The van der Waals surface area contributed by atoms with Gasteiger partial charge in [-0.15, -0.1) is 0 Å². The Morgan fingerprint density at radius 1 is 1.30 bits per heavy atom. The van der Waals surface area contributed by atoms with E-state index in [1.54, 1.807) is 24.3 Å². The summed E-state index contributed by atoms with van der Waals surface area (Å²) in [6.07, 6.45) is 0. The summed E-state index contributed by atoms with van der Waals surface area (Å²) in [5, 5.41) is 8.94. The number of carbonyl (C=O) groups excluding carboxylic acids is 1. The van der Waals surface area contributed by atoms with E-state index in [9.17, 15) is 9.18 Å². The maximum Gasteiger partial charge on any atom is 0.339 e. The Morgan fingerprint density at radius 3 is 2.75 bits per heavy atom. The van der Waals surface area contributed by atoms with E-state index >= 15 is 0 Å². The summed E-state index contributed by atoms with van der Waals surface area (Å²) in [7, 11) is 0. The van der Waals surface area contributed by atoms with Crippen LogP contribution in [0.2, 0.25) is 0 Å². The fourth-order valence-corrected chi connectivity index (χ4v) is 2.14. The van der Waals surface area contributed by atoms with Crippen LogP contribution in [0.15, 0.2) is 46.9 Å². The molecular formula is C15H9BrFNO2. The highest BCUT2D eigenvalue weighted by molar-refractivity contribution is 9.10. The molecule has 0 amide bonds. The van der Waals surface area contributed by atoms with Gasteiger partial charge in [0, 0.05) is 10.0 Å². The third-order valence-corrected chi connectivity index (χ3v) is 3.30. The zero-order chi connectivity index (χ0) is 14.5. The van der Waals surface area contributed by atoms with E-state index in [-0.39, 0.29) is 12.2 Å². The van der Waals surface area contributed by atoms with Crippen LogP contribution in [0.1, 0.15) is 21.5 Å². The standard InChI is InChI=1S/C15H9BrFNO2/c16-14-7-12(17)5-6-13(14)15(19)20-9-11-4-2-1-3-10(11)8-18/h1-7H,9H2. The predicted octanol–water partition coefficient (Wildman–Crippen LogP) is 3.82. The van der Waals surface area contributed by atoms with E-state index in [4.69, 9.17) is 10.00 Å². The van der Waals surface area contributed by atoms with Crippen molar-refractivity contribution in [3.63, 3.8) is 0 Å². The van der Waals surface area contributed by atoms with Crippen LogP contribution in [0.5, 0.6) is 0 Å². The molecule has 0 N–H and O–H groups in total. The minimum atomic E-state index is -0.579. The second kappa shape index (κ2) is 6.31. The third-order valence-electron chi connectivity index (χ3n) is 2.65. The van der Waals surface area contributed by atoms with Crippen LogP contribution in [-0.4, -0.2) is 5.97 Å². The van der Waals surface area contributed by atoms with Crippen LogP contribution in [0, 0.1) is 17.1 Å². The van der Waals surface area contributed by atoms with Crippen LogP contribution in [0.4, 0.5) is 4.39 Å². The predicted molar refractivity (Wildman–Crippen MR) is 74.4 cm³/mol. The van der Waals surface area contributed by atoms with Gasteiger partial charge in [-0.05, 0) is 40.2 Å². The molecule has 0 saturated heterocycles. The van der Waals surface area contributed by atoms with Gasteiger partial charge < -0.3 is 4.74 Å². The summed E-state index contributed by atoms with van der Waals surface area (Å²) in [4.78, 5) is 11.9. The lowest BCUT2D eigenvalue weighted by molar-refractivity contribution is 0.0471. The number of hydrogen-bond acceptors (Lipinski definition) is 3. The number of esters is 1. The number of carbonyl (C=O) groups is 1. The first-order valence-corrected chi connectivity index (χ1v) is 6.51. The highest BCUT2D eigenvalue weighted by Crippen LogP contribution is 2.19. The lowest BCUT2D eigenvalue weighted by Crippen LogP contribution is -2.07. The molecule has 2 aromatic carbocycles. The van der Waals surface area contributed by atoms with Gasteiger partial charge in [0.05, 0.1) is 17.2 Å². The van der Waals surface area contributed by atoms with Crippen molar-refractivity contribution < 1.29 is 13.9 Å². The molecule has 0 radical (unpaired) electrons. The molecule has 0 aromatic heterocycles. The first kappa shape index (κ1) is 14.2. The van der Waals surface area contributed by atoms with E-state index in [0.717, 1.165) is 0 Å². The fraction of sp³-hybridized carbons (Fsp3) is 0.0667. The molecule has 0 heterocycles. The molecule has 0 bridgehead atoms. The lowest BCUT2D eigenvalue weighted by atomic mass is 10.1. The minimum Gasteiger partial charge on any atom is -0.457 e. The second-order valence-electron chi connectivity index (χ2n) is 3.97. The van der Waals surface area contributed by atoms with Gasteiger partial charge in [0.15, 0.2) is 0 Å². The van der Waals surface area contributed by atoms with Gasteiger partial charge in [0.2, 0.25) is 0 Å². The number of rotatable bonds is 3. The van der Waals surface area contributed by atoms with Crippen LogP contribution in [0.25, 0.3) is 0 Å². The van der Waals surface area contributed by atoms with E-state index in [1.165, 1.54) is 18.2 Å². The molecule has 0 aliphatic rings. The normalized spacial score (nSPS) is 9.85. The van der Waals surface area contributed by atoms with E-state index < -0.39 is 11.8 Å². The van der Waals surface area contributed by atoms with Crippen molar-refractivity contribution in [1.82, 2.24) is 0 Å². The van der Waals surface area contributed by atoms with Crippen molar-refractivity contribution in [2.45, 2.75) is 6.61 Å². The Kier molecular flexibility index (Phi) is 4.49. The summed E-state index contributed by atoms with van der Waals surface area (Å²) in [6, 6.07) is 12.6. The third kappa shape index (κ3) is 3.22. The molecule has 20 heavy (non-hydrogen) atoms. The molecule has 100 valence electrons. The van der Waals surface area contributed by atoms with E-state index in [2.05, 4.69) is 15.9 Å². The molecule has 0 fully saturated rings. The molecule has 0 unspecified atom stereocenters. The van der Waals surface area contributed by atoms with Crippen molar-refractivity contribution in [3.05, 3.63) is 69.4 Å². The van der Waals surface area contributed by atoms with Crippen LogP contribution >= 0.6 is 15.9 Å². The maximum absolute atomic E-state index is 12.9. The Balaban J connectivity index is 2.11. The number of nitriles is 1. The van der Waals surface area contributed by atoms with Gasteiger partial charge >= 0.3 is 5.97 Å². The maximum atomic E-state index is 12.9. The van der Waals surface area contributed by atoms with Crippen LogP contribution < -0.4 is 0 Å². The number of benzene rings is 2. The molecular weight excluding hydrogens is 325 g/mol. The highest BCUT2D eigenvalue weighted by Gasteiger charge is 2.13. The summed E-state index contributed by atoms with van der Waals surface area (Å²) in [5.41, 5.74) is 1.32. The molecule has 0 atom stereocenters. The molecule has 2 rings (SSSR count). The summed E-state index contributed by atoms with van der Waals surface area (Å²) in [6.45, 7) is -0.00756. The van der Waals surface area contributed by atoms with Crippen molar-refractivity contribution in [2.24, 2.45) is 0 Å². The molecule has 2 aromatic rings. The average molecular weight is 334 g/mol. The largest absolute Gasteiger partial charge is 0.457 e. The molecule has 3 nitrogen and oxygen atoms in total. The topological polar surface area (TPSA) is 50.1 Å². The first-order valence-electron chi connectivity index (χ1n) is 5.72. The van der Waals surface area contributed by atoms with Gasteiger partial charge in [0.25, 0.3) is 0 Å². The Labute approximate surface area is 123 Å². The van der Waals surface area contributed by atoms with Crippen molar-refractivity contribution in [1.29, 1.82) is 5.26 Å². The molecule has 0 saturated carbocycles. The van der Waals surface area contributed by atoms with E-state index in [0.29, 0.717) is 15.6 Å². The fourth-order valence-electron chi connectivity index (χ4n) is 1.63. The SMILES string of the molecule is N#Cc1ccccc1COC(=O)c1ccc(F)cc1Br. The number of nitrogens with zero attached hydrogens (tertiary/aromatic N) is 1. The quantitative estimate of drug-likeness (QED) is 0.802. The molecule has 0 spiro atoms. The van der Waals surface area contributed by atoms with Crippen LogP contribution in [0.3, 0.4) is 0 Å². The molecule has 5 heteroatoms. The summed E-state index contributed by atoms with van der Waals surface area (Å²) >= 11 is 3.11. The zero-order valence-corrected chi connectivity index (χ0v) is 11.9. The van der Waals surface area contributed by atoms with Crippen molar-refractivity contribution in [2.75, 3.05) is 0 Å².